The zero-order valence-electron chi connectivity index (χ0n) is 10.5. The minimum Gasteiger partial charge on any atom is -0.387 e. The molecular formula is C15H14N4. The first kappa shape index (κ1) is 12.7. The highest BCUT2D eigenvalue weighted by molar-refractivity contribution is 5.49. The molecule has 0 spiro atoms. The molecule has 1 fully saturated rings. The van der Waals surface area contributed by atoms with Crippen molar-refractivity contribution in [3.05, 3.63) is 58.9 Å². The van der Waals surface area contributed by atoms with Gasteiger partial charge in [-0.3, -0.25) is 0 Å². The number of benzene rings is 1. The number of rotatable bonds is 3. The molecule has 0 atom stereocenters. The molecule has 1 saturated heterocycles. The van der Waals surface area contributed by atoms with Crippen LogP contribution in [0.2, 0.25) is 0 Å². The van der Waals surface area contributed by atoms with E-state index in [9.17, 15) is 0 Å². The van der Waals surface area contributed by atoms with Crippen LogP contribution in [0.25, 0.3) is 0 Å². The lowest BCUT2D eigenvalue weighted by molar-refractivity contribution is 0.857. The third kappa shape index (κ3) is 3.14. The zero-order chi connectivity index (χ0) is 13.5. The van der Waals surface area contributed by atoms with E-state index in [1.165, 1.54) is 5.56 Å². The number of nitrogens with zero attached hydrogens (tertiary/aromatic N) is 2. The Kier molecular flexibility index (Phi) is 4.21. The van der Waals surface area contributed by atoms with Crippen molar-refractivity contribution in [2.24, 2.45) is 0 Å². The molecule has 0 aromatic heterocycles. The maximum atomic E-state index is 8.89. The molecule has 0 aliphatic carbocycles. The highest BCUT2D eigenvalue weighted by Gasteiger charge is 2.17. The Bertz CT molecular complexity index is 569. The van der Waals surface area contributed by atoms with Crippen molar-refractivity contribution in [1.29, 1.82) is 10.5 Å². The van der Waals surface area contributed by atoms with E-state index in [0.29, 0.717) is 5.70 Å². The average Bonchev–Trinajstić information content (AvgIpc) is 2.90. The summed E-state index contributed by atoms with van der Waals surface area (Å²) in [5.41, 5.74) is 2.97. The van der Waals surface area contributed by atoms with Gasteiger partial charge >= 0.3 is 0 Å². The summed E-state index contributed by atoms with van der Waals surface area (Å²) in [7, 11) is 0. The van der Waals surface area contributed by atoms with Gasteiger partial charge in [0.25, 0.3) is 0 Å². The van der Waals surface area contributed by atoms with Crippen molar-refractivity contribution < 1.29 is 0 Å². The van der Waals surface area contributed by atoms with Gasteiger partial charge in [0.15, 0.2) is 5.57 Å². The summed E-state index contributed by atoms with van der Waals surface area (Å²) < 4.78 is 0. The lowest BCUT2D eigenvalue weighted by Gasteiger charge is -2.04. The normalized spacial score (nSPS) is 15.5. The summed E-state index contributed by atoms with van der Waals surface area (Å²) >= 11 is 0. The largest absolute Gasteiger partial charge is 0.387 e. The number of hydrogen-bond acceptors (Lipinski definition) is 4. The predicted molar refractivity (Wildman–Crippen MR) is 72.2 cm³/mol. The van der Waals surface area contributed by atoms with Crippen LogP contribution in [0.1, 0.15) is 12.0 Å². The summed E-state index contributed by atoms with van der Waals surface area (Å²) in [6.45, 7) is 1.49. The monoisotopic (exact) mass is 250 g/mol. The van der Waals surface area contributed by atoms with Gasteiger partial charge in [-0.2, -0.15) is 10.5 Å². The molecule has 1 aromatic rings. The van der Waals surface area contributed by atoms with Crippen molar-refractivity contribution in [3.63, 3.8) is 0 Å². The smallest absolute Gasteiger partial charge is 0.153 e. The van der Waals surface area contributed by atoms with Crippen molar-refractivity contribution in [2.45, 2.75) is 13.0 Å². The van der Waals surface area contributed by atoms with Crippen molar-refractivity contribution in [2.75, 3.05) is 6.54 Å². The lowest BCUT2D eigenvalue weighted by atomic mass is 10.1. The molecule has 4 nitrogen and oxygen atoms in total. The predicted octanol–water partition coefficient (Wildman–Crippen LogP) is 1.95. The van der Waals surface area contributed by atoms with E-state index >= 15 is 0 Å². The van der Waals surface area contributed by atoms with E-state index < -0.39 is 0 Å². The Labute approximate surface area is 112 Å². The van der Waals surface area contributed by atoms with Gasteiger partial charge in [-0.25, -0.2) is 0 Å². The van der Waals surface area contributed by atoms with Gasteiger partial charge in [-0.15, -0.1) is 0 Å². The van der Waals surface area contributed by atoms with Gasteiger partial charge in [0.2, 0.25) is 0 Å². The van der Waals surface area contributed by atoms with Crippen molar-refractivity contribution in [1.82, 2.24) is 10.6 Å². The Hall–Kier alpha value is -2.72. The standard InChI is InChI=1S/C15H14N4/c16-8-14(9-17)15-13(6-7-19-15)11-18-10-12-4-2-1-3-5-12/h1-5,11,18-19H,6-7,10H2. The molecule has 2 rings (SSSR count). The summed E-state index contributed by atoms with van der Waals surface area (Å²) in [5.74, 6) is 0. The summed E-state index contributed by atoms with van der Waals surface area (Å²) in [4.78, 5) is 0. The number of nitrogens with one attached hydrogen (secondary N) is 2. The van der Waals surface area contributed by atoms with Crippen LogP contribution in [0.3, 0.4) is 0 Å². The lowest BCUT2D eigenvalue weighted by Crippen LogP contribution is -2.09. The molecule has 94 valence electrons. The molecule has 0 unspecified atom stereocenters. The molecule has 1 aliphatic rings. The van der Waals surface area contributed by atoms with Gasteiger partial charge in [-0.1, -0.05) is 30.3 Å². The second kappa shape index (κ2) is 6.28. The molecule has 1 aromatic carbocycles. The van der Waals surface area contributed by atoms with Gasteiger partial charge in [-0.05, 0) is 17.6 Å². The number of nitriles is 2. The molecule has 0 amide bonds. The first-order valence-corrected chi connectivity index (χ1v) is 6.10. The minimum absolute atomic E-state index is 0.144. The van der Waals surface area contributed by atoms with Gasteiger partial charge in [0, 0.05) is 19.3 Å². The van der Waals surface area contributed by atoms with E-state index in [1.54, 1.807) is 0 Å². The third-order valence-corrected chi connectivity index (χ3v) is 2.92. The summed E-state index contributed by atoms with van der Waals surface area (Å²) in [5, 5.41) is 24.1. The molecule has 0 saturated carbocycles. The molecule has 4 heteroatoms. The highest BCUT2D eigenvalue weighted by atomic mass is 14.9. The van der Waals surface area contributed by atoms with E-state index in [1.807, 2.05) is 48.7 Å². The van der Waals surface area contributed by atoms with Gasteiger partial charge in [0.1, 0.15) is 12.1 Å². The van der Waals surface area contributed by atoms with Crippen LogP contribution >= 0.6 is 0 Å². The van der Waals surface area contributed by atoms with E-state index in [4.69, 9.17) is 10.5 Å². The minimum atomic E-state index is 0.144. The average molecular weight is 250 g/mol. The fourth-order valence-corrected chi connectivity index (χ4v) is 1.98. The van der Waals surface area contributed by atoms with Crippen molar-refractivity contribution >= 4 is 0 Å². The van der Waals surface area contributed by atoms with Crippen LogP contribution in [0, 0.1) is 22.7 Å². The summed E-state index contributed by atoms with van der Waals surface area (Å²) in [6, 6.07) is 13.9. The summed E-state index contributed by atoms with van der Waals surface area (Å²) in [6.07, 6.45) is 2.71. The van der Waals surface area contributed by atoms with Crippen LogP contribution in [0.5, 0.6) is 0 Å². The maximum Gasteiger partial charge on any atom is 0.153 e. The Morgan fingerprint density at radius 1 is 1.26 bits per heavy atom. The molecule has 19 heavy (non-hydrogen) atoms. The highest BCUT2D eigenvalue weighted by Crippen LogP contribution is 2.20. The molecule has 1 aliphatic heterocycles. The van der Waals surface area contributed by atoms with Crippen LogP contribution in [0.15, 0.2) is 53.4 Å². The second-order valence-electron chi connectivity index (χ2n) is 4.19. The maximum absolute atomic E-state index is 8.89. The SMILES string of the molecule is N#CC(C#N)=C1NCCC1=CNCc1ccccc1. The first-order chi connectivity index (χ1) is 9.35. The molecule has 1 heterocycles. The van der Waals surface area contributed by atoms with Gasteiger partial charge < -0.3 is 10.6 Å². The van der Waals surface area contributed by atoms with Gasteiger partial charge in [0.05, 0.1) is 5.70 Å². The first-order valence-electron chi connectivity index (χ1n) is 6.10. The zero-order valence-corrected chi connectivity index (χ0v) is 10.5. The Morgan fingerprint density at radius 3 is 2.68 bits per heavy atom. The van der Waals surface area contributed by atoms with Crippen LogP contribution in [0.4, 0.5) is 0 Å². The topological polar surface area (TPSA) is 71.6 Å². The van der Waals surface area contributed by atoms with Crippen LogP contribution < -0.4 is 10.6 Å². The number of hydrogen-bond donors (Lipinski definition) is 2. The van der Waals surface area contributed by atoms with Crippen molar-refractivity contribution in [3.8, 4) is 12.1 Å². The fourth-order valence-electron chi connectivity index (χ4n) is 1.98. The van der Waals surface area contributed by atoms with E-state index in [2.05, 4.69) is 10.6 Å². The second-order valence-corrected chi connectivity index (χ2v) is 4.19. The number of allylic oxidation sites excluding steroid dienone is 2. The Morgan fingerprint density at radius 2 is 2.00 bits per heavy atom. The van der Waals surface area contributed by atoms with E-state index in [-0.39, 0.29) is 5.57 Å². The van der Waals surface area contributed by atoms with E-state index in [0.717, 1.165) is 25.1 Å². The quantitative estimate of drug-likeness (QED) is 0.804. The van der Waals surface area contributed by atoms with Crippen LogP contribution in [-0.2, 0) is 6.54 Å². The fraction of sp³-hybridized carbons (Fsp3) is 0.200. The molecular weight excluding hydrogens is 236 g/mol. The molecule has 0 bridgehead atoms. The molecule has 0 radical (unpaired) electrons. The third-order valence-electron chi connectivity index (χ3n) is 2.92. The van der Waals surface area contributed by atoms with Crippen LogP contribution in [-0.4, -0.2) is 6.54 Å². The Balaban J connectivity index is 2.06. The molecule has 2 N–H and O–H groups in total.